The van der Waals surface area contributed by atoms with E-state index in [1.165, 1.54) is 6.92 Å². The molecule has 2 aromatic rings. The topological polar surface area (TPSA) is 58.9 Å². The Balaban J connectivity index is 2.21. The Kier molecular flexibility index (Phi) is 4.24. The van der Waals surface area contributed by atoms with E-state index in [9.17, 15) is 10.0 Å². The van der Waals surface area contributed by atoms with Gasteiger partial charge in [-0.15, -0.1) is 0 Å². The predicted octanol–water partition coefficient (Wildman–Crippen LogP) is 3.76. The van der Waals surface area contributed by atoms with Crippen molar-refractivity contribution in [1.82, 2.24) is 0 Å². The predicted molar refractivity (Wildman–Crippen MR) is 89.1 cm³/mol. The SMILES string of the molecule is CC(=O)OC1C/C(=N/O)C(c2ccccc2)=C1c1ccccc1. The Morgan fingerprint density at radius 1 is 1.04 bits per heavy atom. The van der Waals surface area contributed by atoms with Crippen molar-refractivity contribution in [2.24, 2.45) is 5.16 Å². The molecule has 0 bridgehead atoms. The molecule has 4 heteroatoms. The van der Waals surface area contributed by atoms with E-state index >= 15 is 0 Å². The molecule has 2 aromatic carbocycles. The van der Waals surface area contributed by atoms with E-state index in [0.29, 0.717) is 12.1 Å². The van der Waals surface area contributed by atoms with Crippen LogP contribution in [-0.2, 0) is 9.53 Å². The van der Waals surface area contributed by atoms with Gasteiger partial charge in [0.05, 0.1) is 5.71 Å². The first kappa shape index (κ1) is 15.0. The maximum absolute atomic E-state index is 11.5. The third kappa shape index (κ3) is 3.01. The van der Waals surface area contributed by atoms with Crippen molar-refractivity contribution >= 4 is 22.8 Å². The number of hydrogen-bond donors (Lipinski definition) is 1. The van der Waals surface area contributed by atoms with Crippen LogP contribution in [0.25, 0.3) is 11.1 Å². The highest BCUT2D eigenvalue weighted by Gasteiger charge is 2.34. The number of allylic oxidation sites excluding steroid dienone is 1. The summed E-state index contributed by atoms with van der Waals surface area (Å²) in [6.45, 7) is 1.39. The summed E-state index contributed by atoms with van der Waals surface area (Å²) >= 11 is 0. The maximum atomic E-state index is 11.5. The van der Waals surface area contributed by atoms with Gasteiger partial charge in [0.1, 0.15) is 6.10 Å². The molecular weight excluding hydrogens is 290 g/mol. The van der Waals surface area contributed by atoms with Gasteiger partial charge in [0.25, 0.3) is 0 Å². The monoisotopic (exact) mass is 307 g/mol. The van der Waals surface area contributed by atoms with Crippen LogP contribution >= 0.6 is 0 Å². The van der Waals surface area contributed by atoms with Crippen LogP contribution in [0.15, 0.2) is 65.8 Å². The Labute approximate surface area is 134 Å². The van der Waals surface area contributed by atoms with Gasteiger partial charge in [-0.25, -0.2) is 0 Å². The Bertz CT molecular complexity index is 764. The Hall–Kier alpha value is -2.88. The van der Waals surface area contributed by atoms with E-state index in [-0.39, 0.29) is 5.97 Å². The summed E-state index contributed by atoms with van der Waals surface area (Å²) in [5.41, 5.74) is 4.12. The highest BCUT2D eigenvalue weighted by Crippen LogP contribution is 2.40. The van der Waals surface area contributed by atoms with Crippen LogP contribution in [0.4, 0.5) is 0 Å². The lowest BCUT2D eigenvalue weighted by Gasteiger charge is -2.15. The number of nitrogens with zero attached hydrogens (tertiary/aromatic N) is 1. The van der Waals surface area contributed by atoms with Gasteiger partial charge < -0.3 is 9.94 Å². The highest BCUT2D eigenvalue weighted by molar-refractivity contribution is 6.34. The molecule has 0 saturated heterocycles. The molecule has 3 rings (SSSR count). The van der Waals surface area contributed by atoms with Gasteiger partial charge in [-0.2, -0.15) is 0 Å². The number of oxime groups is 1. The minimum Gasteiger partial charge on any atom is -0.457 e. The Morgan fingerprint density at radius 2 is 1.61 bits per heavy atom. The largest absolute Gasteiger partial charge is 0.457 e. The molecule has 1 aliphatic rings. The number of benzene rings is 2. The molecule has 23 heavy (non-hydrogen) atoms. The van der Waals surface area contributed by atoms with Gasteiger partial charge in [-0.3, -0.25) is 4.79 Å². The van der Waals surface area contributed by atoms with E-state index in [4.69, 9.17) is 4.74 Å². The quantitative estimate of drug-likeness (QED) is 0.533. The molecular formula is C19H17NO3. The van der Waals surface area contributed by atoms with Crippen LogP contribution in [-0.4, -0.2) is 23.0 Å². The van der Waals surface area contributed by atoms with Gasteiger partial charge in [0.15, 0.2) is 0 Å². The second-order valence-corrected chi connectivity index (χ2v) is 5.37. The van der Waals surface area contributed by atoms with E-state index in [1.807, 2.05) is 60.7 Å². The normalized spacial score (nSPS) is 19.2. The number of rotatable bonds is 3. The zero-order chi connectivity index (χ0) is 16.2. The number of carbonyl (C=O) groups excluding carboxylic acids is 1. The maximum Gasteiger partial charge on any atom is 0.303 e. The first-order valence-electron chi connectivity index (χ1n) is 7.44. The van der Waals surface area contributed by atoms with E-state index in [1.54, 1.807) is 0 Å². The minimum atomic E-state index is -0.448. The van der Waals surface area contributed by atoms with E-state index in [0.717, 1.165) is 22.3 Å². The summed E-state index contributed by atoms with van der Waals surface area (Å²) in [5.74, 6) is -0.352. The molecule has 0 aliphatic heterocycles. The average molecular weight is 307 g/mol. The number of ether oxygens (including phenoxy) is 1. The fraction of sp³-hybridized carbons (Fsp3) is 0.158. The molecule has 0 heterocycles. The summed E-state index contributed by atoms with van der Waals surface area (Å²) < 4.78 is 5.47. The van der Waals surface area contributed by atoms with Crippen molar-refractivity contribution in [1.29, 1.82) is 0 Å². The van der Waals surface area contributed by atoms with Crippen molar-refractivity contribution in [3.05, 3.63) is 71.8 Å². The van der Waals surface area contributed by atoms with Gasteiger partial charge >= 0.3 is 5.97 Å². The molecule has 1 atom stereocenters. The lowest BCUT2D eigenvalue weighted by atomic mass is 9.96. The summed E-state index contributed by atoms with van der Waals surface area (Å²) in [6, 6.07) is 19.4. The van der Waals surface area contributed by atoms with Gasteiger partial charge in [-0.05, 0) is 11.1 Å². The Morgan fingerprint density at radius 3 is 2.13 bits per heavy atom. The molecule has 0 aromatic heterocycles. The lowest BCUT2D eigenvalue weighted by Crippen LogP contribution is -2.16. The van der Waals surface area contributed by atoms with Crippen molar-refractivity contribution in [3.63, 3.8) is 0 Å². The van der Waals surface area contributed by atoms with Crippen LogP contribution in [0.2, 0.25) is 0 Å². The highest BCUT2D eigenvalue weighted by atomic mass is 16.5. The third-order valence-electron chi connectivity index (χ3n) is 3.83. The van der Waals surface area contributed by atoms with Crippen molar-refractivity contribution in [2.75, 3.05) is 0 Å². The molecule has 0 spiro atoms. The molecule has 1 aliphatic carbocycles. The zero-order valence-electron chi connectivity index (χ0n) is 12.8. The standard InChI is InChI=1S/C19H17NO3/c1-13(21)23-17-12-16(20-22)18(14-8-4-2-5-9-14)19(17)15-10-6-3-7-11-15/h2-11,17,22H,12H2,1H3/b20-16-. The summed E-state index contributed by atoms with van der Waals surface area (Å²) in [7, 11) is 0. The summed E-state index contributed by atoms with van der Waals surface area (Å²) in [4.78, 5) is 11.5. The summed E-state index contributed by atoms with van der Waals surface area (Å²) in [6.07, 6.45) is -0.0825. The lowest BCUT2D eigenvalue weighted by molar-refractivity contribution is -0.143. The molecule has 0 radical (unpaired) electrons. The molecule has 4 nitrogen and oxygen atoms in total. The van der Waals surface area contributed by atoms with Crippen LogP contribution < -0.4 is 0 Å². The molecule has 0 amide bonds. The third-order valence-corrected chi connectivity index (χ3v) is 3.83. The van der Waals surface area contributed by atoms with Crippen molar-refractivity contribution < 1.29 is 14.7 Å². The van der Waals surface area contributed by atoms with E-state index in [2.05, 4.69) is 5.16 Å². The second kappa shape index (κ2) is 6.48. The van der Waals surface area contributed by atoms with Crippen molar-refractivity contribution in [3.8, 4) is 0 Å². The van der Waals surface area contributed by atoms with Crippen LogP contribution in [0.3, 0.4) is 0 Å². The van der Waals surface area contributed by atoms with Crippen LogP contribution in [0.5, 0.6) is 0 Å². The van der Waals surface area contributed by atoms with Gasteiger partial charge in [-0.1, -0.05) is 65.8 Å². The first-order valence-corrected chi connectivity index (χ1v) is 7.44. The molecule has 0 fully saturated rings. The van der Waals surface area contributed by atoms with Crippen LogP contribution in [0.1, 0.15) is 24.5 Å². The van der Waals surface area contributed by atoms with Gasteiger partial charge in [0.2, 0.25) is 0 Å². The zero-order valence-corrected chi connectivity index (χ0v) is 12.8. The average Bonchev–Trinajstić information content (AvgIpc) is 2.94. The molecule has 1 N–H and O–H groups in total. The molecule has 0 saturated carbocycles. The van der Waals surface area contributed by atoms with Crippen LogP contribution in [0, 0.1) is 0 Å². The number of carbonyl (C=O) groups is 1. The second-order valence-electron chi connectivity index (χ2n) is 5.37. The number of esters is 1. The number of hydrogen-bond acceptors (Lipinski definition) is 4. The fourth-order valence-corrected chi connectivity index (χ4v) is 2.96. The summed E-state index contributed by atoms with van der Waals surface area (Å²) in [5, 5.41) is 12.9. The molecule has 116 valence electrons. The minimum absolute atomic E-state index is 0.352. The fourth-order valence-electron chi connectivity index (χ4n) is 2.96. The van der Waals surface area contributed by atoms with Crippen molar-refractivity contribution in [2.45, 2.75) is 19.4 Å². The molecule has 1 unspecified atom stereocenters. The van der Waals surface area contributed by atoms with E-state index < -0.39 is 6.10 Å². The van der Waals surface area contributed by atoms with Gasteiger partial charge in [0, 0.05) is 24.5 Å². The first-order chi connectivity index (χ1) is 11.2. The smallest absolute Gasteiger partial charge is 0.303 e.